The Bertz CT molecular complexity index is 751. The van der Waals surface area contributed by atoms with E-state index in [1.807, 2.05) is 0 Å². The van der Waals surface area contributed by atoms with Crippen molar-refractivity contribution in [3.05, 3.63) is 0 Å². The molecule has 296 valence electrons. The molecule has 0 spiro atoms. The highest BCUT2D eigenvalue weighted by molar-refractivity contribution is 7.85. The van der Waals surface area contributed by atoms with Gasteiger partial charge < -0.3 is 23.4 Å². The third kappa shape index (κ3) is 43.8. The molecule has 0 rings (SSSR count). The van der Waals surface area contributed by atoms with Gasteiger partial charge in [-0.3, -0.25) is 4.55 Å². The van der Waals surface area contributed by atoms with Crippen molar-refractivity contribution in [2.45, 2.75) is 174 Å². The van der Waals surface area contributed by atoms with Crippen LogP contribution in [0, 0.1) is 0 Å². The number of quaternary nitrogens is 1. The van der Waals surface area contributed by atoms with Crippen LogP contribution < -0.4 is 0 Å². The van der Waals surface area contributed by atoms with Crippen LogP contribution in [-0.4, -0.2) is 103 Å². The summed E-state index contributed by atoms with van der Waals surface area (Å²) in [5, 5.41) is 0. The molecule has 0 aromatic rings. The number of hydrogen-bond acceptors (Lipinski definition) is 6. The Morgan fingerprint density at radius 1 is 0.388 bits per heavy atom. The fourth-order valence-electron chi connectivity index (χ4n) is 6.07. The lowest BCUT2D eigenvalue weighted by Gasteiger charge is -2.30. The Morgan fingerprint density at radius 2 is 0.633 bits per heavy atom. The number of rotatable bonds is 42. The molecule has 49 heavy (non-hydrogen) atoms. The Kier molecular flexibility index (Phi) is 37.2. The van der Waals surface area contributed by atoms with Crippen LogP contribution in [0.15, 0.2) is 0 Å². The minimum Gasteiger partial charge on any atom is -0.381 e. The molecule has 0 aliphatic carbocycles. The lowest BCUT2D eigenvalue weighted by atomic mass is 10.0. The smallest absolute Gasteiger partial charge is 0.264 e. The van der Waals surface area contributed by atoms with E-state index in [-0.39, 0.29) is 5.75 Å². The van der Waals surface area contributed by atoms with Gasteiger partial charge >= 0.3 is 0 Å². The van der Waals surface area contributed by atoms with Crippen LogP contribution in [-0.2, 0) is 29.1 Å². The maximum Gasteiger partial charge on any atom is 0.264 e. The second-order valence-corrected chi connectivity index (χ2v) is 16.5. The van der Waals surface area contributed by atoms with Crippen molar-refractivity contribution in [2.24, 2.45) is 0 Å². The fraction of sp³-hybridized carbons (Fsp3) is 1.00. The van der Waals surface area contributed by atoms with Gasteiger partial charge in [0, 0.05) is 52.9 Å². The summed E-state index contributed by atoms with van der Waals surface area (Å²) < 4.78 is 53.8. The van der Waals surface area contributed by atoms with Gasteiger partial charge in [0.25, 0.3) is 10.1 Å². The summed E-state index contributed by atoms with van der Waals surface area (Å²) in [5.41, 5.74) is 0. The van der Waals surface area contributed by atoms with E-state index in [4.69, 9.17) is 23.5 Å². The van der Waals surface area contributed by atoms with Gasteiger partial charge in [0.05, 0.1) is 32.9 Å². The molecule has 0 atom stereocenters. The number of ether oxygens (including phenoxy) is 4. The van der Waals surface area contributed by atoms with Crippen LogP contribution in [0.1, 0.15) is 174 Å². The van der Waals surface area contributed by atoms with Crippen LogP contribution in [0.2, 0.25) is 0 Å². The van der Waals surface area contributed by atoms with Crippen LogP contribution in [0.4, 0.5) is 0 Å². The van der Waals surface area contributed by atoms with Gasteiger partial charge in [-0.1, -0.05) is 96.8 Å². The van der Waals surface area contributed by atoms with Gasteiger partial charge in [-0.15, -0.1) is 0 Å². The molecule has 0 aliphatic rings. The van der Waals surface area contributed by atoms with Crippen molar-refractivity contribution < 1.29 is 36.4 Å². The van der Waals surface area contributed by atoms with Crippen molar-refractivity contribution in [3.8, 4) is 0 Å². The van der Waals surface area contributed by atoms with Crippen molar-refractivity contribution in [1.29, 1.82) is 0 Å². The predicted molar refractivity (Wildman–Crippen MR) is 207 cm³/mol. The summed E-state index contributed by atoms with van der Waals surface area (Å²) >= 11 is 0. The molecule has 8 nitrogen and oxygen atoms in total. The maximum absolute atomic E-state index is 10.6. The van der Waals surface area contributed by atoms with Crippen molar-refractivity contribution in [1.82, 2.24) is 0 Å². The zero-order chi connectivity index (χ0) is 36.0. The predicted octanol–water partition coefficient (Wildman–Crippen LogP) is 10.2. The van der Waals surface area contributed by atoms with E-state index in [9.17, 15) is 8.42 Å². The molecule has 0 amide bonds. The molecule has 0 radical (unpaired) electrons. The first-order valence-corrected chi connectivity index (χ1v) is 22.5. The zero-order valence-electron chi connectivity index (χ0n) is 32.9. The molecule has 9 heteroatoms. The topological polar surface area (TPSA) is 91.3 Å². The summed E-state index contributed by atoms with van der Waals surface area (Å²) in [6.07, 6.45) is 32.5. The summed E-state index contributed by atoms with van der Waals surface area (Å²) in [4.78, 5) is 0. The summed E-state index contributed by atoms with van der Waals surface area (Å²) in [5.74, 6) is -0.192. The molecule has 0 fully saturated rings. The monoisotopic (exact) mass is 723 g/mol. The highest BCUT2D eigenvalue weighted by Crippen LogP contribution is 2.14. The molecule has 0 aromatic carbocycles. The SMILES string of the molecule is CCCCCCCCCCCCCCCCCC[N+](C)(C)CCCCOCCCCOCCCCOCCCCOCCCCS(=O)(=O)O. The first-order chi connectivity index (χ1) is 23.8. The lowest BCUT2D eigenvalue weighted by molar-refractivity contribution is -0.890. The van der Waals surface area contributed by atoms with E-state index in [1.165, 1.54) is 122 Å². The van der Waals surface area contributed by atoms with Gasteiger partial charge in [-0.25, -0.2) is 0 Å². The van der Waals surface area contributed by atoms with Crippen molar-refractivity contribution in [2.75, 3.05) is 85.8 Å². The molecule has 0 saturated heterocycles. The fourth-order valence-corrected chi connectivity index (χ4v) is 6.63. The van der Waals surface area contributed by atoms with E-state index in [0.29, 0.717) is 26.1 Å². The zero-order valence-corrected chi connectivity index (χ0v) is 33.7. The first-order valence-electron chi connectivity index (χ1n) is 20.8. The summed E-state index contributed by atoms with van der Waals surface area (Å²) in [6, 6.07) is 0. The van der Waals surface area contributed by atoms with Crippen molar-refractivity contribution in [3.63, 3.8) is 0 Å². The average Bonchev–Trinajstić information content (AvgIpc) is 3.06. The Morgan fingerprint density at radius 3 is 0.939 bits per heavy atom. The molecular weight excluding hydrogens is 639 g/mol. The second-order valence-electron chi connectivity index (χ2n) is 15.0. The molecule has 0 saturated carbocycles. The molecule has 0 bridgehead atoms. The van der Waals surface area contributed by atoms with E-state index < -0.39 is 10.1 Å². The van der Waals surface area contributed by atoms with Crippen LogP contribution in [0.3, 0.4) is 0 Å². The van der Waals surface area contributed by atoms with Crippen LogP contribution >= 0.6 is 0 Å². The van der Waals surface area contributed by atoms with Crippen LogP contribution in [0.5, 0.6) is 0 Å². The van der Waals surface area contributed by atoms with Gasteiger partial charge in [-0.05, 0) is 77.0 Å². The Balaban J connectivity index is 3.25. The van der Waals surface area contributed by atoms with E-state index >= 15 is 0 Å². The number of hydrogen-bond donors (Lipinski definition) is 1. The average molecular weight is 723 g/mol. The Labute approximate surface area is 305 Å². The highest BCUT2D eigenvalue weighted by atomic mass is 32.2. The number of nitrogens with zero attached hydrogens (tertiary/aromatic N) is 1. The van der Waals surface area contributed by atoms with Crippen molar-refractivity contribution >= 4 is 10.1 Å². The van der Waals surface area contributed by atoms with E-state index in [0.717, 1.165) is 89.1 Å². The minimum absolute atomic E-state index is 0.192. The molecular formula is C40H84NO7S+. The lowest BCUT2D eigenvalue weighted by Crippen LogP contribution is -2.41. The highest BCUT2D eigenvalue weighted by Gasteiger charge is 2.13. The quantitative estimate of drug-likeness (QED) is 0.0381. The summed E-state index contributed by atoms with van der Waals surface area (Å²) in [7, 11) is 0.940. The van der Waals surface area contributed by atoms with Gasteiger partial charge in [0.2, 0.25) is 0 Å². The molecule has 0 aromatic heterocycles. The Hall–Kier alpha value is -0.290. The normalized spacial score (nSPS) is 12.3. The minimum atomic E-state index is -3.85. The van der Waals surface area contributed by atoms with E-state index in [1.54, 1.807) is 0 Å². The van der Waals surface area contributed by atoms with E-state index in [2.05, 4.69) is 21.0 Å². The second kappa shape index (κ2) is 37.5. The van der Waals surface area contributed by atoms with Gasteiger partial charge in [-0.2, -0.15) is 8.42 Å². The maximum atomic E-state index is 10.6. The van der Waals surface area contributed by atoms with Crippen LogP contribution in [0.25, 0.3) is 0 Å². The van der Waals surface area contributed by atoms with Gasteiger partial charge in [0.1, 0.15) is 0 Å². The molecule has 0 unspecified atom stereocenters. The molecule has 0 aliphatic heterocycles. The summed E-state index contributed by atoms with van der Waals surface area (Å²) in [6.45, 7) is 10.9. The van der Waals surface area contributed by atoms with Gasteiger partial charge in [0.15, 0.2) is 0 Å². The molecule has 1 N–H and O–H groups in total. The number of unbranched alkanes of at least 4 members (excludes halogenated alkanes) is 20. The third-order valence-electron chi connectivity index (χ3n) is 9.34. The standard InChI is InChI=1S/C40H83NO7S/c1-4-5-6-7-8-9-10-11-12-13-14-15-16-17-18-19-30-41(2,3)31-20-21-32-45-33-22-23-34-46-35-24-25-36-47-37-26-27-38-48-39-28-29-40-49(42,43)44/h4-40H2,1-3H3/p+1. The molecule has 0 heterocycles. The first kappa shape index (κ1) is 48.7. The third-order valence-corrected chi connectivity index (χ3v) is 10.1. The largest absolute Gasteiger partial charge is 0.381 e.